The Kier molecular flexibility index (Phi) is 4.99. The molecule has 0 saturated heterocycles. The first-order valence-electron chi connectivity index (χ1n) is 7.25. The van der Waals surface area contributed by atoms with Gasteiger partial charge in [-0.2, -0.15) is 0 Å². The molecule has 0 aliphatic carbocycles. The van der Waals surface area contributed by atoms with Crippen molar-refractivity contribution < 1.29 is 14.6 Å². The van der Waals surface area contributed by atoms with Crippen molar-refractivity contribution in [2.24, 2.45) is 0 Å². The molecule has 0 bridgehead atoms. The molecule has 2 rings (SSSR count). The molecule has 3 nitrogen and oxygen atoms in total. The molecule has 110 valence electrons. The van der Waals surface area contributed by atoms with Crippen LogP contribution in [0.4, 0.5) is 0 Å². The number of hydrogen-bond acceptors (Lipinski definition) is 3. The number of benzene rings is 2. The molecule has 0 aliphatic heterocycles. The summed E-state index contributed by atoms with van der Waals surface area (Å²) in [6, 6.07) is 12.3. The van der Waals surface area contributed by atoms with Gasteiger partial charge >= 0.3 is 0 Å². The van der Waals surface area contributed by atoms with Gasteiger partial charge in [0.25, 0.3) is 0 Å². The average Bonchev–Trinajstić information content (AvgIpc) is 2.48. The molecule has 0 unspecified atom stereocenters. The van der Waals surface area contributed by atoms with Crippen LogP contribution in [-0.2, 0) is 6.42 Å². The number of aryl methyl sites for hydroxylation is 1. The number of ketones is 1. The van der Waals surface area contributed by atoms with E-state index in [9.17, 15) is 9.90 Å². The van der Waals surface area contributed by atoms with Crippen molar-refractivity contribution in [2.45, 2.75) is 26.7 Å². The van der Waals surface area contributed by atoms with Crippen LogP contribution in [0.25, 0.3) is 0 Å². The number of aromatic hydroxyl groups is 1. The van der Waals surface area contributed by atoms with E-state index in [1.807, 2.05) is 31.2 Å². The Morgan fingerprint density at radius 2 is 1.81 bits per heavy atom. The summed E-state index contributed by atoms with van der Waals surface area (Å²) in [6.07, 6.45) is 2.08. The second-order valence-corrected chi connectivity index (χ2v) is 4.89. The van der Waals surface area contributed by atoms with E-state index in [1.54, 1.807) is 12.1 Å². The van der Waals surface area contributed by atoms with Gasteiger partial charge < -0.3 is 9.84 Å². The zero-order valence-corrected chi connectivity index (χ0v) is 12.4. The van der Waals surface area contributed by atoms with Gasteiger partial charge in [0.05, 0.1) is 12.2 Å². The molecule has 0 amide bonds. The summed E-state index contributed by atoms with van der Waals surface area (Å²) in [6.45, 7) is 4.51. The first kappa shape index (κ1) is 15.1. The molecule has 0 spiro atoms. The van der Waals surface area contributed by atoms with Gasteiger partial charge in [0.2, 0.25) is 0 Å². The average molecular weight is 284 g/mol. The van der Waals surface area contributed by atoms with Gasteiger partial charge in [0, 0.05) is 11.6 Å². The van der Waals surface area contributed by atoms with Crippen LogP contribution in [0.5, 0.6) is 11.5 Å². The molecular weight excluding hydrogens is 264 g/mol. The van der Waals surface area contributed by atoms with Crippen LogP contribution in [0.15, 0.2) is 42.5 Å². The largest absolute Gasteiger partial charge is 0.507 e. The van der Waals surface area contributed by atoms with E-state index in [0.29, 0.717) is 23.5 Å². The molecule has 0 fully saturated rings. The van der Waals surface area contributed by atoms with Crippen molar-refractivity contribution in [1.82, 2.24) is 0 Å². The Bertz CT molecular complexity index is 615. The second kappa shape index (κ2) is 6.93. The summed E-state index contributed by atoms with van der Waals surface area (Å²) in [5.74, 6) is 0.326. The highest BCUT2D eigenvalue weighted by atomic mass is 16.5. The quantitative estimate of drug-likeness (QED) is 0.816. The van der Waals surface area contributed by atoms with E-state index in [0.717, 1.165) is 12.8 Å². The molecule has 2 aromatic rings. The third-order valence-electron chi connectivity index (χ3n) is 3.28. The molecule has 0 aromatic heterocycles. The lowest BCUT2D eigenvalue weighted by molar-refractivity contribution is 0.103. The zero-order chi connectivity index (χ0) is 15.2. The third kappa shape index (κ3) is 3.63. The van der Waals surface area contributed by atoms with Crippen LogP contribution in [0, 0.1) is 0 Å². The number of carbonyl (C=O) groups is 1. The van der Waals surface area contributed by atoms with Crippen LogP contribution >= 0.6 is 0 Å². The minimum Gasteiger partial charge on any atom is -0.507 e. The first-order valence-corrected chi connectivity index (χ1v) is 7.25. The summed E-state index contributed by atoms with van der Waals surface area (Å²) >= 11 is 0. The van der Waals surface area contributed by atoms with Gasteiger partial charge in [-0.25, -0.2) is 0 Å². The molecule has 21 heavy (non-hydrogen) atoms. The fourth-order valence-electron chi connectivity index (χ4n) is 2.23. The highest BCUT2D eigenvalue weighted by Gasteiger charge is 2.14. The maximum atomic E-state index is 12.4. The van der Waals surface area contributed by atoms with Crippen molar-refractivity contribution in [3.8, 4) is 11.5 Å². The summed E-state index contributed by atoms with van der Waals surface area (Å²) in [5, 5.41) is 9.99. The van der Waals surface area contributed by atoms with Crippen molar-refractivity contribution in [3.05, 3.63) is 59.2 Å². The monoisotopic (exact) mass is 284 g/mol. The predicted molar refractivity (Wildman–Crippen MR) is 83.1 cm³/mol. The van der Waals surface area contributed by atoms with Crippen LogP contribution in [-0.4, -0.2) is 17.5 Å². The zero-order valence-electron chi connectivity index (χ0n) is 12.4. The lowest BCUT2D eigenvalue weighted by Gasteiger charge is -2.08. The number of carbonyl (C=O) groups excluding carboxylic acids is 1. The van der Waals surface area contributed by atoms with E-state index >= 15 is 0 Å². The molecule has 2 aromatic carbocycles. The fraction of sp³-hybridized carbons (Fsp3) is 0.278. The van der Waals surface area contributed by atoms with Gasteiger partial charge in [-0.1, -0.05) is 37.6 Å². The van der Waals surface area contributed by atoms with E-state index in [-0.39, 0.29) is 11.5 Å². The van der Waals surface area contributed by atoms with Gasteiger partial charge in [0.1, 0.15) is 11.5 Å². The van der Waals surface area contributed by atoms with Crippen LogP contribution in [0.1, 0.15) is 41.8 Å². The smallest absolute Gasteiger partial charge is 0.196 e. The summed E-state index contributed by atoms with van der Waals surface area (Å²) in [4.78, 5) is 12.4. The lowest BCUT2D eigenvalue weighted by Crippen LogP contribution is -2.02. The maximum absolute atomic E-state index is 12.4. The Balaban J connectivity index is 2.23. The van der Waals surface area contributed by atoms with E-state index in [4.69, 9.17) is 4.74 Å². The minimum absolute atomic E-state index is 0.0522. The molecule has 0 aliphatic rings. The van der Waals surface area contributed by atoms with Crippen molar-refractivity contribution >= 4 is 5.78 Å². The third-order valence-corrected chi connectivity index (χ3v) is 3.28. The minimum atomic E-state index is -0.182. The summed E-state index contributed by atoms with van der Waals surface area (Å²) in [7, 11) is 0. The first-order chi connectivity index (χ1) is 10.2. The standard InChI is InChI=1S/C18H20O3/c1-3-5-13-6-8-14(9-7-13)18(20)16-11-10-15(21-4-2)12-17(16)19/h6-12,19H,3-5H2,1-2H3. The van der Waals surface area contributed by atoms with Gasteiger partial charge in [-0.3, -0.25) is 4.79 Å². The SMILES string of the molecule is CCCc1ccc(C(=O)c2ccc(OCC)cc2O)cc1. The maximum Gasteiger partial charge on any atom is 0.196 e. The summed E-state index contributed by atoms with van der Waals surface area (Å²) in [5.41, 5.74) is 2.08. The number of ether oxygens (including phenoxy) is 1. The Morgan fingerprint density at radius 3 is 2.38 bits per heavy atom. The van der Waals surface area contributed by atoms with E-state index < -0.39 is 0 Å². The van der Waals surface area contributed by atoms with Crippen LogP contribution in [0.3, 0.4) is 0 Å². The van der Waals surface area contributed by atoms with Gasteiger partial charge in [0.15, 0.2) is 5.78 Å². The molecule has 1 N–H and O–H groups in total. The van der Waals surface area contributed by atoms with Crippen molar-refractivity contribution in [2.75, 3.05) is 6.61 Å². The normalized spacial score (nSPS) is 10.4. The molecule has 0 atom stereocenters. The Hall–Kier alpha value is -2.29. The number of hydrogen-bond donors (Lipinski definition) is 1. The number of phenolic OH excluding ortho intramolecular Hbond substituents is 1. The molecule has 0 saturated carbocycles. The highest BCUT2D eigenvalue weighted by molar-refractivity contribution is 6.10. The fourth-order valence-corrected chi connectivity index (χ4v) is 2.23. The van der Waals surface area contributed by atoms with Crippen LogP contribution < -0.4 is 4.74 Å². The number of phenols is 1. The number of rotatable bonds is 6. The van der Waals surface area contributed by atoms with E-state index in [1.165, 1.54) is 11.6 Å². The predicted octanol–water partition coefficient (Wildman–Crippen LogP) is 3.97. The van der Waals surface area contributed by atoms with Gasteiger partial charge in [-0.05, 0) is 31.0 Å². The van der Waals surface area contributed by atoms with Crippen molar-refractivity contribution in [1.29, 1.82) is 0 Å². The second-order valence-electron chi connectivity index (χ2n) is 4.89. The Morgan fingerprint density at radius 1 is 1.10 bits per heavy atom. The Labute approximate surface area is 125 Å². The van der Waals surface area contributed by atoms with E-state index in [2.05, 4.69) is 6.92 Å². The molecule has 3 heteroatoms. The molecule has 0 radical (unpaired) electrons. The lowest BCUT2D eigenvalue weighted by atomic mass is 10.00. The molecular formula is C18H20O3. The summed E-state index contributed by atoms with van der Waals surface area (Å²) < 4.78 is 5.30. The highest BCUT2D eigenvalue weighted by Crippen LogP contribution is 2.26. The van der Waals surface area contributed by atoms with Crippen molar-refractivity contribution in [3.63, 3.8) is 0 Å². The van der Waals surface area contributed by atoms with Crippen LogP contribution in [0.2, 0.25) is 0 Å². The topological polar surface area (TPSA) is 46.5 Å². The molecule has 0 heterocycles. The van der Waals surface area contributed by atoms with Gasteiger partial charge in [-0.15, -0.1) is 0 Å².